The summed E-state index contributed by atoms with van der Waals surface area (Å²) in [6.07, 6.45) is 0. The Balaban J connectivity index is 2.28. The lowest BCUT2D eigenvalue weighted by molar-refractivity contribution is 0.277. The second-order valence-electron chi connectivity index (χ2n) is 3.08. The molecule has 1 rings (SSSR count). The summed E-state index contributed by atoms with van der Waals surface area (Å²) in [5.41, 5.74) is 5.56. The van der Waals surface area contributed by atoms with Gasteiger partial charge in [-0.2, -0.15) is 0 Å². The first-order chi connectivity index (χ1) is 7.36. The molecule has 0 saturated heterocycles. The quantitative estimate of drug-likeness (QED) is 0.625. The van der Waals surface area contributed by atoms with E-state index in [0.29, 0.717) is 13.2 Å². The first-order valence-electron chi connectivity index (χ1n) is 4.85. The molecule has 0 unspecified atom stereocenters. The Hall–Kier alpha value is -1.04. The van der Waals surface area contributed by atoms with Crippen LogP contribution in [0.25, 0.3) is 0 Å². The lowest BCUT2D eigenvalue weighted by Crippen LogP contribution is -2.43. The van der Waals surface area contributed by atoms with Crippen LogP contribution in [-0.4, -0.2) is 33.9 Å². The highest BCUT2D eigenvalue weighted by molar-refractivity contribution is 6.23. The Bertz CT molecular complexity index is 259. The summed E-state index contributed by atoms with van der Waals surface area (Å²) in [4.78, 5) is 0. The van der Waals surface area contributed by atoms with Crippen molar-refractivity contribution in [1.29, 1.82) is 0 Å². The Morgan fingerprint density at radius 2 is 2.13 bits per heavy atom. The van der Waals surface area contributed by atoms with Crippen LogP contribution in [0.1, 0.15) is 0 Å². The summed E-state index contributed by atoms with van der Waals surface area (Å²) in [5.74, 6) is 0.843. The number of nitrogens with two attached hydrogens (primary N) is 1. The van der Waals surface area contributed by atoms with Gasteiger partial charge in [0.1, 0.15) is 12.4 Å². The molecule has 5 heteroatoms. The Labute approximate surface area is 91.1 Å². The minimum Gasteiger partial charge on any atom is -0.492 e. The molecule has 1 aromatic rings. The average molecular weight is 207 g/mol. The summed E-state index contributed by atoms with van der Waals surface area (Å²) >= 11 is 0. The van der Waals surface area contributed by atoms with Crippen LogP contribution in [0.5, 0.6) is 5.75 Å². The van der Waals surface area contributed by atoms with E-state index in [1.807, 2.05) is 30.3 Å². The van der Waals surface area contributed by atoms with Gasteiger partial charge in [-0.05, 0) is 12.1 Å². The zero-order chi connectivity index (χ0) is 10.9. The average Bonchev–Trinajstić information content (AvgIpc) is 2.31. The van der Waals surface area contributed by atoms with Crippen molar-refractivity contribution < 1.29 is 9.39 Å². The van der Waals surface area contributed by atoms with Gasteiger partial charge in [0.25, 0.3) is 0 Å². The van der Waals surface area contributed by atoms with Crippen molar-refractivity contribution in [3.8, 4) is 5.75 Å². The van der Waals surface area contributed by atoms with Crippen molar-refractivity contribution >= 4 is 7.62 Å². The summed E-state index contributed by atoms with van der Waals surface area (Å²) < 4.78 is 10.3. The van der Waals surface area contributed by atoms with E-state index in [1.165, 1.54) is 7.62 Å². The first kappa shape index (κ1) is 12.0. The Morgan fingerprint density at radius 1 is 1.40 bits per heavy atom. The molecule has 0 aliphatic rings. The largest absolute Gasteiger partial charge is 0.492 e. The molecular weight excluding hydrogens is 191 g/mol. The van der Waals surface area contributed by atoms with Gasteiger partial charge in [0.05, 0.1) is 0 Å². The smallest absolute Gasteiger partial charge is 0.395 e. The summed E-state index contributed by atoms with van der Waals surface area (Å²) in [5, 5.41) is 2.99. The highest BCUT2D eigenvalue weighted by Gasteiger charge is 2.06. The third kappa shape index (κ3) is 4.83. The zero-order valence-electron chi connectivity index (χ0n) is 8.85. The molecule has 0 fully saturated rings. The minimum absolute atomic E-state index is 0.0603. The molecule has 81 valence electrons. The molecule has 0 aliphatic heterocycles. The lowest BCUT2D eigenvalue weighted by Gasteiger charge is -2.16. The van der Waals surface area contributed by atoms with Crippen LogP contribution in [0.4, 0.5) is 0 Å². The summed E-state index contributed by atoms with van der Waals surface area (Å²) in [7, 11) is 3.09. The summed E-state index contributed by atoms with van der Waals surface area (Å²) in [6.45, 7) is 1.01. The van der Waals surface area contributed by atoms with Gasteiger partial charge < -0.3 is 20.4 Å². The van der Waals surface area contributed by atoms with E-state index in [2.05, 4.69) is 5.23 Å². The molecule has 0 spiro atoms. The van der Waals surface area contributed by atoms with Gasteiger partial charge >= 0.3 is 7.62 Å². The topological polar surface area (TPSA) is 56.5 Å². The fourth-order valence-electron chi connectivity index (χ4n) is 1.06. The van der Waals surface area contributed by atoms with Crippen LogP contribution in [0, 0.1) is 0 Å². The van der Waals surface area contributed by atoms with Crippen LogP contribution in [0.15, 0.2) is 30.3 Å². The molecular formula is C10H16BN2O2. The van der Waals surface area contributed by atoms with Crippen LogP contribution >= 0.6 is 0 Å². The van der Waals surface area contributed by atoms with E-state index >= 15 is 0 Å². The second-order valence-corrected chi connectivity index (χ2v) is 3.08. The van der Waals surface area contributed by atoms with Gasteiger partial charge in [-0.1, -0.05) is 18.2 Å². The molecule has 15 heavy (non-hydrogen) atoms. The normalized spacial score (nSPS) is 12.1. The van der Waals surface area contributed by atoms with E-state index in [4.69, 9.17) is 15.1 Å². The third-order valence-electron chi connectivity index (χ3n) is 1.90. The second kappa shape index (κ2) is 7.28. The molecule has 1 radical (unpaired) electrons. The number of hydrogen-bond donors (Lipinski definition) is 2. The molecule has 4 nitrogen and oxygen atoms in total. The van der Waals surface area contributed by atoms with E-state index in [-0.39, 0.29) is 6.04 Å². The monoisotopic (exact) mass is 207 g/mol. The van der Waals surface area contributed by atoms with Crippen LogP contribution in [0.3, 0.4) is 0 Å². The third-order valence-corrected chi connectivity index (χ3v) is 1.90. The van der Waals surface area contributed by atoms with Gasteiger partial charge in [0.15, 0.2) is 0 Å². The highest BCUT2D eigenvalue weighted by atomic mass is 16.5. The van der Waals surface area contributed by atoms with Crippen LogP contribution in [-0.2, 0) is 4.65 Å². The van der Waals surface area contributed by atoms with Crippen molar-refractivity contribution in [2.45, 2.75) is 6.04 Å². The number of benzene rings is 1. The van der Waals surface area contributed by atoms with Gasteiger partial charge in [-0.3, -0.25) is 0 Å². The number of rotatable bonds is 7. The lowest BCUT2D eigenvalue weighted by atomic mass is 10.2. The SMILES string of the molecule is CO[B]N[C@H](CN)COc1ccccc1. The van der Waals surface area contributed by atoms with Gasteiger partial charge in [0, 0.05) is 19.7 Å². The maximum atomic E-state index is 5.56. The number of hydrogen-bond acceptors (Lipinski definition) is 4. The van der Waals surface area contributed by atoms with E-state index in [1.54, 1.807) is 7.11 Å². The van der Waals surface area contributed by atoms with Crippen LogP contribution < -0.4 is 15.7 Å². The van der Waals surface area contributed by atoms with Gasteiger partial charge in [-0.15, -0.1) is 0 Å². The first-order valence-corrected chi connectivity index (χ1v) is 4.85. The van der Waals surface area contributed by atoms with Crippen molar-refractivity contribution in [3.05, 3.63) is 30.3 Å². The molecule has 3 N–H and O–H groups in total. The number of nitrogens with one attached hydrogen (secondary N) is 1. The molecule has 1 atom stereocenters. The van der Waals surface area contributed by atoms with Crippen molar-refractivity contribution in [1.82, 2.24) is 5.23 Å². The fraction of sp³-hybridized carbons (Fsp3) is 0.400. The molecule has 0 heterocycles. The van der Waals surface area contributed by atoms with Gasteiger partial charge in [0.2, 0.25) is 0 Å². The molecule has 0 aliphatic carbocycles. The Kier molecular flexibility index (Phi) is 5.84. The molecule has 0 saturated carbocycles. The van der Waals surface area contributed by atoms with E-state index in [0.717, 1.165) is 5.75 Å². The standard InChI is InChI=1S/C10H16BN2O2/c1-14-11-13-9(7-12)8-15-10-5-3-2-4-6-10/h2-6,9,13H,7-8,12H2,1H3/t9-/m1/s1. The maximum Gasteiger partial charge on any atom is 0.395 e. The molecule has 0 amide bonds. The maximum absolute atomic E-state index is 5.56. The minimum atomic E-state index is 0.0603. The van der Waals surface area contributed by atoms with Crippen molar-refractivity contribution in [2.24, 2.45) is 5.73 Å². The predicted octanol–water partition coefficient (Wildman–Crippen LogP) is 0.163. The van der Waals surface area contributed by atoms with E-state index < -0.39 is 0 Å². The van der Waals surface area contributed by atoms with Gasteiger partial charge in [-0.25, -0.2) is 0 Å². The Morgan fingerprint density at radius 3 is 2.73 bits per heavy atom. The molecule has 0 bridgehead atoms. The van der Waals surface area contributed by atoms with Crippen molar-refractivity contribution in [3.63, 3.8) is 0 Å². The van der Waals surface area contributed by atoms with Crippen molar-refractivity contribution in [2.75, 3.05) is 20.3 Å². The predicted molar refractivity (Wildman–Crippen MR) is 60.7 cm³/mol. The fourth-order valence-corrected chi connectivity index (χ4v) is 1.06. The van der Waals surface area contributed by atoms with Crippen LogP contribution in [0.2, 0.25) is 0 Å². The number of para-hydroxylation sites is 1. The number of ether oxygens (including phenoxy) is 1. The summed E-state index contributed by atoms with van der Waals surface area (Å²) in [6, 6.07) is 9.69. The zero-order valence-corrected chi connectivity index (χ0v) is 8.85. The highest BCUT2D eigenvalue weighted by Crippen LogP contribution is 2.08. The molecule has 1 aromatic carbocycles. The van der Waals surface area contributed by atoms with E-state index in [9.17, 15) is 0 Å². The molecule has 0 aromatic heterocycles.